The predicted octanol–water partition coefficient (Wildman–Crippen LogP) is 12.0. The Hall–Kier alpha value is -5.66. The van der Waals surface area contributed by atoms with E-state index in [0.29, 0.717) is 6.04 Å². The lowest BCUT2D eigenvalue weighted by Crippen LogP contribution is -1.92. The molecule has 0 amide bonds. The van der Waals surface area contributed by atoms with Gasteiger partial charge < -0.3 is 4.42 Å². The highest BCUT2D eigenvalue weighted by Gasteiger charge is 2.19. The molecule has 200 valence electrons. The lowest BCUT2D eigenvalue weighted by molar-refractivity contribution is 0.669. The van der Waals surface area contributed by atoms with Crippen LogP contribution in [0, 0.1) is 0 Å². The molecule has 0 unspecified atom stereocenters. The van der Waals surface area contributed by atoms with E-state index < -0.39 is 0 Å². The smallest absolute Gasteiger partial charge is 0.135 e. The summed E-state index contributed by atoms with van der Waals surface area (Å²) in [4.78, 5) is 0. The Morgan fingerprint density at radius 3 is 1.74 bits per heavy atom. The zero-order chi connectivity index (χ0) is 29.2. The van der Waals surface area contributed by atoms with E-state index in [1.807, 2.05) is 24.3 Å². The second-order valence-electron chi connectivity index (χ2n) is 11.2. The quantitative estimate of drug-likeness (QED) is 0.201. The first-order valence-corrected chi connectivity index (χ1v) is 14.7. The third-order valence-corrected chi connectivity index (χ3v) is 8.79. The average Bonchev–Trinajstić information content (AvgIpc) is 3.45. The normalized spacial score (nSPS) is 12.0. The predicted molar refractivity (Wildman–Crippen MR) is 183 cm³/mol. The van der Waals surface area contributed by atoms with Crippen LogP contribution in [0.25, 0.3) is 87.6 Å². The van der Waals surface area contributed by atoms with E-state index in [2.05, 4.69) is 127 Å². The van der Waals surface area contributed by atoms with Gasteiger partial charge in [-0.15, -0.1) is 0 Å². The van der Waals surface area contributed by atoms with Gasteiger partial charge in [0.25, 0.3) is 0 Å². The Morgan fingerprint density at radius 2 is 0.977 bits per heavy atom. The van der Waals surface area contributed by atoms with Crippen LogP contribution in [-0.2, 0) is 0 Å². The summed E-state index contributed by atoms with van der Waals surface area (Å²) in [5.41, 5.74) is 9.05. The number of fused-ring (bicyclic) bond motifs is 6. The molecule has 43 heavy (non-hydrogen) atoms. The van der Waals surface area contributed by atoms with Crippen LogP contribution in [0.15, 0.2) is 162 Å². The molecule has 0 saturated heterocycles. The summed E-state index contributed by atoms with van der Waals surface area (Å²) in [5, 5.41) is 9.40. The number of para-hydroxylation sites is 1. The topological polar surface area (TPSA) is 13.1 Å². The molecule has 0 N–H and O–H groups in total. The fraction of sp³-hybridized carbons (Fsp3) is 0. The van der Waals surface area contributed by atoms with E-state index >= 15 is 0 Å². The largest absolute Gasteiger partial charge is 0.456 e. The van der Waals surface area contributed by atoms with Crippen LogP contribution in [0.1, 0.15) is 1.37 Å². The van der Waals surface area contributed by atoms with E-state index in [9.17, 15) is 0 Å². The maximum atomic E-state index is 8.06. The first-order chi connectivity index (χ1) is 21.7. The van der Waals surface area contributed by atoms with Gasteiger partial charge in [0.15, 0.2) is 0 Å². The van der Waals surface area contributed by atoms with Crippen LogP contribution in [0.3, 0.4) is 0 Å². The molecule has 0 radical (unpaired) electrons. The molecule has 1 heteroatoms. The maximum Gasteiger partial charge on any atom is 0.135 e. The van der Waals surface area contributed by atoms with Gasteiger partial charge in [0.05, 0.1) is 1.37 Å². The second kappa shape index (κ2) is 9.44. The summed E-state index contributed by atoms with van der Waals surface area (Å²) in [6.07, 6.45) is 0. The molecule has 0 bridgehead atoms. The highest BCUT2D eigenvalue weighted by Crippen LogP contribution is 2.46. The lowest BCUT2D eigenvalue weighted by atomic mass is 9.83. The van der Waals surface area contributed by atoms with E-state index in [0.717, 1.165) is 32.7 Å². The Labute approximate surface area is 250 Å². The van der Waals surface area contributed by atoms with Crippen molar-refractivity contribution in [2.45, 2.75) is 0 Å². The van der Waals surface area contributed by atoms with Crippen molar-refractivity contribution >= 4 is 54.3 Å². The number of rotatable bonds is 3. The molecule has 9 rings (SSSR count). The minimum atomic E-state index is 0.532. The summed E-state index contributed by atoms with van der Waals surface area (Å²) >= 11 is 0. The van der Waals surface area contributed by atoms with Crippen LogP contribution in [-0.4, -0.2) is 0 Å². The second-order valence-corrected chi connectivity index (χ2v) is 11.2. The van der Waals surface area contributed by atoms with Crippen molar-refractivity contribution < 1.29 is 5.79 Å². The van der Waals surface area contributed by atoms with Crippen LogP contribution >= 0.6 is 0 Å². The zero-order valence-corrected chi connectivity index (χ0v) is 23.3. The molecular formula is C42H26O. The zero-order valence-electron chi connectivity index (χ0n) is 24.3. The Balaban J connectivity index is 1.33. The van der Waals surface area contributed by atoms with Gasteiger partial charge in [0, 0.05) is 10.8 Å². The van der Waals surface area contributed by atoms with Gasteiger partial charge in [-0.2, -0.15) is 0 Å². The van der Waals surface area contributed by atoms with Gasteiger partial charge in [0.2, 0.25) is 0 Å². The highest BCUT2D eigenvalue weighted by molar-refractivity contribution is 6.23. The van der Waals surface area contributed by atoms with Crippen LogP contribution in [0.5, 0.6) is 0 Å². The third kappa shape index (κ3) is 3.72. The number of furan rings is 1. The van der Waals surface area contributed by atoms with Gasteiger partial charge >= 0.3 is 0 Å². The van der Waals surface area contributed by atoms with Crippen molar-refractivity contribution in [3.05, 3.63) is 158 Å². The molecule has 0 fully saturated rings. The number of benzene rings is 8. The molecule has 0 aliphatic heterocycles. The fourth-order valence-corrected chi connectivity index (χ4v) is 6.86. The van der Waals surface area contributed by atoms with Gasteiger partial charge in [-0.05, 0) is 90.0 Å². The molecular weight excluding hydrogens is 520 g/mol. The minimum absolute atomic E-state index is 0.532. The number of hydrogen-bond donors (Lipinski definition) is 0. The standard InChI is InChI=1S/C42H26O/c1-2-12-28-25-30(22-21-27(28)11-1)41-34-16-5-7-18-36(34)42(37-19-8-6-17-35(37)41)33-15-4-3-13-31(33)29-23-24-40-38(26-29)32-14-9-10-20-39(32)43-40/h1-26H/i1D. The van der Waals surface area contributed by atoms with Gasteiger partial charge in [-0.25, -0.2) is 0 Å². The van der Waals surface area contributed by atoms with Crippen molar-refractivity contribution in [2.24, 2.45) is 0 Å². The first-order valence-electron chi connectivity index (χ1n) is 15.2. The van der Waals surface area contributed by atoms with Crippen LogP contribution in [0.4, 0.5) is 0 Å². The molecule has 1 heterocycles. The highest BCUT2D eigenvalue weighted by atomic mass is 16.3. The molecule has 0 atom stereocenters. The summed E-state index contributed by atoms with van der Waals surface area (Å²) in [7, 11) is 0. The summed E-state index contributed by atoms with van der Waals surface area (Å²) in [6, 6.07) is 54.2. The van der Waals surface area contributed by atoms with Gasteiger partial charge in [-0.3, -0.25) is 0 Å². The molecule has 1 aromatic heterocycles. The molecule has 8 aromatic carbocycles. The molecule has 0 spiro atoms. The van der Waals surface area contributed by atoms with Crippen molar-refractivity contribution in [1.82, 2.24) is 0 Å². The SMILES string of the molecule is [2H]c1ccc2cc(-c3c4ccccc4c(-c4ccccc4-c4ccc5oc6ccccc6c5c4)c4ccccc34)ccc2c1. The Morgan fingerprint density at radius 1 is 0.372 bits per heavy atom. The maximum absolute atomic E-state index is 8.06. The molecule has 0 saturated carbocycles. The Kier molecular flexibility index (Phi) is 5.04. The molecule has 1 nitrogen and oxygen atoms in total. The summed E-state index contributed by atoms with van der Waals surface area (Å²) < 4.78 is 14.2. The molecule has 0 aliphatic rings. The third-order valence-electron chi connectivity index (χ3n) is 8.79. The fourth-order valence-electron chi connectivity index (χ4n) is 6.86. The molecule has 9 aromatic rings. The Bertz CT molecular complexity index is 2510. The van der Waals surface area contributed by atoms with E-state index in [1.165, 1.54) is 54.9 Å². The first kappa shape index (κ1) is 23.0. The average molecular weight is 548 g/mol. The van der Waals surface area contributed by atoms with Crippen LogP contribution in [0.2, 0.25) is 0 Å². The van der Waals surface area contributed by atoms with Crippen LogP contribution < -0.4 is 0 Å². The number of hydrogen-bond acceptors (Lipinski definition) is 1. The lowest BCUT2D eigenvalue weighted by Gasteiger charge is -2.20. The van der Waals surface area contributed by atoms with E-state index in [4.69, 9.17) is 5.79 Å². The van der Waals surface area contributed by atoms with Crippen molar-refractivity contribution in [1.29, 1.82) is 0 Å². The van der Waals surface area contributed by atoms with Crippen molar-refractivity contribution in [3.8, 4) is 33.4 Å². The minimum Gasteiger partial charge on any atom is -0.456 e. The van der Waals surface area contributed by atoms with Gasteiger partial charge in [-0.1, -0.05) is 133 Å². The summed E-state index contributed by atoms with van der Waals surface area (Å²) in [5.74, 6) is 0. The summed E-state index contributed by atoms with van der Waals surface area (Å²) in [6.45, 7) is 0. The van der Waals surface area contributed by atoms with Crippen molar-refractivity contribution in [3.63, 3.8) is 0 Å². The van der Waals surface area contributed by atoms with Crippen molar-refractivity contribution in [2.75, 3.05) is 0 Å². The van der Waals surface area contributed by atoms with E-state index in [1.54, 1.807) is 0 Å². The monoisotopic (exact) mass is 547 g/mol. The van der Waals surface area contributed by atoms with Gasteiger partial charge in [0.1, 0.15) is 11.2 Å². The molecule has 0 aliphatic carbocycles. The van der Waals surface area contributed by atoms with E-state index in [-0.39, 0.29) is 0 Å².